The first-order valence-electron chi connectivity index (χ1n) is 6.93. The fourth-order valence-electron chi connectivity index (χ4n) is 2.43. The number of carbonyl (C=O) groups excluding carboxylic acids is 2. The Morgan fingerprint density at radius 3 is 2.68 bits per heavy atom. The highest BCUT2D eigenvalue weighted by Crippen LogP contribution is 2.40. The van der Waals surface area contributed by atoms with Crippen LogP contribution in [0.3, 0.4) is 0 Å². The summed E-state index contributed by atoms with van der Waals surface area (Å²) in [5, 5.41) is 1.75. The quantitative estimate of drug-likeness (QED) is 0.860. The summed E-state index contributed by atoms with van der Waals surface area (Å²) < 4.78 is 42.2. The molecule has 0 saturated carbocycles. The first-order valence-corrected chi connectivity index (χ1v) is 7.75. The van der Waals surface area contributed by atoms with Crippen LogP contribution in [0.2, 0.25) is 0 Å². The Morgan fingerprint density at radius 1 is 1.41 bits per heavy atom. The number of ether oxygens (including phenoxy) is 1. The van der Waals surface area contributed by atoms with Gasteiger partial charge in [0.2, 0.25) is 0 Å². The highest BCUT2D eigenvalue weighted by atomic mass is 32.1. The van der Waals surface area contributed by atoms with E-state index in [-0.39, 0.29) is 17.2 Å². The molecule has 1 aliphatic rings. The molecule has 1 N–H and O–H groups in total. The lowest BCUT2D eigenvalue weighted by Gasteiger charge is -2.18. The SMILES string of the molecule is CCOC(=O)c1c(NC(=O)C(F)(F)F)sc2c1CC[C@@H](C)C2. The molecule has 1 aromatic heterocycles. The lowest BCUT2D eigenvalue weighted by atomic mass is 9.88. The molecule has 0 fully saturated rings. The summed E-state index contributed by atoms with van der Waals surface area (Å²) in [7, 11) is 0. The molecule has 4 nitrogen and oxygen atoms in total. The largest absolute Gasteiger partial charge is 0.471 e. The van der Waals surface area contributed by atoms with Crippen molar-refractivity contribution < 1.29 is 27.5 Å². The number of carbonyl (C=O) groups is 2. The molecule has 122 valence electrons. The van der Waals surface area contributed by atoms with Crippen molar-refractivity contribution in [3.8, 4) is 0 Å². The number of fused-ring (bicyclic) bond motifs is 1. The number of thiophene rings is 1. The summed E-state index contributed by atoms with van der Waals surface area (Å²) in [6.45, 7) is 3.78. The van der Waals surface area contributed by atoms with E-state index < -0.39 is 18.1 Å². The van der Waals surface area contributed by atoms with Gasteiger partial charge in [-0.1, -0.05) is 6.92 Å². The molecular weight excluding hydrogens is 319 g/mol. The third-order valence-corrected chi connectivity index (χ3v) is 4.65. The van der Waals surface area contributed by atoms with E-state index in [0.717, 1.165) is 22.6 Å². The molecule has 2 rings (SSSR count). The predicted molar refractivity (Wildman–Crippen MR) is 76.1 cm³/mol. The van der Waals surface area contributed by atoms with Crippen molar-refractivity contribution >= 4 is 28.2 Å². The topological polar surface area (TPSA) is 55.4 Å². The van der Waals surface area contributed by atoms with Crippen LogP contribution in [0.15, 0.2) is 0 Å². The Morgan fingerprint density at radius 2 is 2.09 bits per heavy atom. The summed E-state index contributed by atoms with van der Waals surface area (Å²) in [6, 6.07) is 0. The van der Waals surface area contributed by atoms with Crippen LogP contribution in [0.1, 0.15) is 41.1 Å². The van der Waals surface area contributed by atoms with Gasteiger partial charge in [-0.05, 0) is 37.7 Å². The molecule has 1 heterocycles. The van der Waals surface area contributed by atoms with Gasteiger partial charge in [0.1, 0.15) is 5.00 Å². The number of anilines is 1. The molecule has 0 radical (unpaired) electrons. The first kappa shape index (κ1) is 16.8. The van der Waals surface area contributed by atoms with Gasteiger partial charge in [0.25, 0.3) is 0 Å². The number of hydrogen-bond acceptors (Lipinski definition) is 4. The Balaban J connectivity index is 2.39. The number of nitrogens with one attached hydrogen (secondary N) is 1. The lowest BCUT2D eigenvalue weighted by Crippen LogP contribution is -2.30. The van der Waals surface area contributed by atoms with Crippen molar-refractivity contribution in [3.63, 3.8) is 0 Å². The molecule has 1 atom stereocenters. The number of amides is 1. The van der Waals surface area contributed by atoms with E-state index in [1.807, 2.05) is 12.2 Å². The summed E-state index contributed by atoms with van der Waals surface area (Å²) in [5.41, 5.74) is 0.783. The number of hydrogen-bond donors (Lipinski definition) is 1. The third-order valence-electron chi connectivity index (χ3n) is 3.48. The van der Waals surface area contributed by atoms with Crippen molar-refractivity contribution in [1.29, 1.82) is 0 Å². The molecule has 0 aliphatic heterocycles. The van der Waals surface area contributed by atoms with E-state index in [2.05, 4.69) is 0 Å². The minimum Gasteiger partial charge on any atom is -0.462 e. The molecule has 0 unspecified atom stereocenters. The smallest absolute Gasteiger partial charge is 0.462 e. The number of esters is 1. The van der Waals surface area contributed by atoms with Crippen LogP contribution >= 0.6 is 11.3 Å². The second-order valence-corrected chi connectivity index (χ2v) is 6.33. The average molecular weight is 335 g/mol. The average Bonchev–Trinajstić information content (AvgIpc) is 2.74. The van der Waals surface area contributed by atoms with Gasteiger partial charge in [-0.15, -0.1) is 11.3 Å². The van der Waals surface area contributed by atoms with Gasteiger partial charge in [-0.25, -0.2) is 4.79 Å². The first-order chi connectivity index (χ1) is 10.2. The minimum atomic E-state index is -5.00. The molecule has 0 saturated heterocycles. The van der Waals surface area contributed by atoms with Gasteiger partial charge in [-0.2, -0.15) is 13.2 Å². The molecule has 0 bridgehead atoms. The fraction of sp³-hybridized carbons (Fsp3) is 0.571. The molecule has 22 heavy (non-hydrogen) atoms. The maximum absolute atomic E-state index is 12.4. The zero-order valence-electron chi connectivity index (χ0n) is 12.2. The van der Waals surface area contributed by atoms with Crippen molar-refractivity contribution in [2.24, 2.45) is 5.92 Å². The van der Waals surface area contributed by atoms with E-state index >= 15 is 0 Å². The Hall–Kier alpha value is -1.57. The second kappa shape index (κ2) is 6.28. The van der Waals surface area contributed by atoms with Gasteiger partial charge in [-0.3, -0.25) is 4.79 Å². The summed E-state index contributed by atoms with van der Waals surface area (Å²) in [5.74, 6) is -2.37. The summed E-state index contributed by atoms with van der Waals surface area (Å²) in [4.78, 5) is 24.1. The molecular formula is C14H16F3NO3S. The molecule has 8 heteroatoms. The number of rotatable bonds is 3. The monoisotopic (exact) mass is 335 g/mol. The van der Waals surface area contributed by atoms with Crippen LogP contribution in [0, 0.1) is 5.92 Å². The van der Waals surface area contributed by atoms with Gasteiger partial charge in [0, 0.05) is 4.88 Å². The highest BCUT2D eigenvalue weighted by molar-refractivity contribution is 7.17. The standard InChI is InChI=1S/C14H16F3NO3S/c1-3-21-12(19)10-8-5-4-7(2)6-9(8)22-11(10)18-13(20)14(15,16)17/h7H,3-6H2,1-2H3,(H,18,20)/t7-/m1/s1. The molecule has 1 aliphatic carbocycles. The van der Waals surface area contributed by atoms with Crippen LogP contribution in [0.5, 0.6) is 0 Å². The minimum absolute atomic E-state index is 0.0696. The number of halogens is 3. The summed E-state index contributed by atoms with van der Waals surface area (Å²) in [6.07, 6.45) is -2.86. The highest BCUT2D eigenvalue weighted by Gasteiger charge is 2.40. The van der Waals surface area contributed by atoms with Crippen LogP contribution in [-0.2, 0) is 22.4 Å². The normalized spacial score (nSPS) is 17.8. The second-order valence-electron chi connectivity index (χ2n) is 5.23. The summed E-state index contributed by atoms with van der Waals surface area (Å²) >= 11 is 1.03. The zero-order chi connectivity index (χ0) is 16.5. The third kappa shape index (κ3) is 3.43. The van der Waals surface area contributed by atoms with E-state index in [1.54, 1.807) is 6.92 Å². The molecule has 0 spiro atoms. The molecule has 1 aromatic rings. The van der Waals surface area contributed by atoms with Crippen LogP contribution in [0.4, 0.5) is 18.2 Å². The van der Waals surface area contributed by atoms with Crippen molar-refractivity contribution in [3.05, 3.63) is 16.0 Å². The zero-order valence-corrected chi connectivity index (χ0v) is 13.0. The Labute approximate surface area is 129 Å². The lowest BCUT2D eigenvalue weighted by molar-refractivity contribution is -0.167. The van der Waals surface area contributed by atoms with E-state index in [0.29, 0.717) is 24.3 Å². The Kier molecular flexibility index (Phi) is 4.79. The van der Waals surface area contributed by atoms with Crippen LogP contribution in [-0.4, -0.2) is 24.7 Å². The van der Waals surface area contributed by atoms with E-state index in [4.69, 9.17) is 4.74 Å². The van der Waals surface area contributed by atoms with Gasteiger partial charge >= 0.3 is 18.1 Å². The van der Waals surface area contributed by atoms with Crippen molar-refractivity contribution in [2.45, 2.75) is 39.3 Å². The van der Waals surface area contributed by atoms with E-state index in [9.17, 15) is 22.8 Å². The van der Waals surface area contributed by atoms with Crippen molar-refractivity contribution in [2.75, 3.05) is 11.9 Å². The van der Waals surface area contributed by atoms with Gasteiger partial charge < -0.3 is 10.1 Å². The van der Waals surface area contributed by atoms with E-state index in [1.165, 1.54) is 0 Å². The fourth-order valence-corrected chi connectivity index (χ4v) is 3.83. The van der Waals surface area contributed by atoms with Crippen molar-refractivity contribution in [1.82, 2.24) is 0 Å². The maximum atomic E-state index is 12.4. The van der Waals surface area contributed by atoms with Crippen LogP contribution in [0.25, 0.3) is 0 Å². The number of alkyl halides is 3. The molecule has 0 aromatic carbocycles. The predicted octanol–water partition coefficient (Wildman–Crippen LogP) is 3.55. The van der Waals surface area contributed by atoms with Crippen LogP contribution < -0.4 is 5.32 Å². The van der Waals surface area contributed by atoms with Gasteiger partial charge in [0.05, 0.1) is 12.2 Å². The maximum Gasteiger partial charge on any atom is 0.471 e. The molecule has 1 amide bonds. The van der Waals surface area contributed by atoms with Gasteiger partial charge in [0.15, 0.2) is 0 Å². The Bertz CT molecular complexity index is 595.